The van der Waals surface area contributed by atoms with Gasteiger partial charge in [-0.05, 0) is 77.7 Å². The summed E-state index contributed by atoms with van der Waals surface area (Å²) < 4.78 is 26.2. The average molecular weight is 507 g/mol. The zero-order valence-electron chi connectivity index (χ0n) is 21.5. The summed E-state index contributed by atoms with van der Waals surface area (Å²) in [5, 5.41) is 20.0. The van der Waals surface area contributed by atoms with Gasteiger partial charge in [-0.1, -0.05) is 56.4 Å². The summed E-state index contributed by atoms with van der Waals surface area (Å²) in [4.78, 5) is 0. The van der Waals surface area contributed by atoms with Crippen LogP contribution in [0.4, 0.5) is 4.39 Å². The number of hydrogen-bond donors (Lipinski definition) is 0. The molecule has 0 aliphatic rings. The Hall–Kier alpha value is -4.35. The summed E-state index contributed by atoms with van der Waals surface area (Å²) in [7, 11) is 0. The molecule has 0 aromatic heterocycles. The van der Waals surface area contributed by atoms with Crippen LogP contribution < -0.4 is 9.47 Å². The van der Waals surface area contributed by atoms with E-state index in [0.29, 0.717) is 35.7 Å². The fourth-order valence-electron chi connectivity index (χ4n) is 4.40. The number of nitriles is 2. The molecule has 0 spiro atoms. The van der Waals surface area contributed by atoms with Crippen LogP contribution in [-0.2, 0) is 0 Å². The summed E-state index contributed by atoms with van der Waals surface area (Å²) in [6.07, 6.45) is 7.73. The van der Waals surface area contributed by atoms with Crippen LogP contribution in [0.5, 0.6) is 11.5 Å². The standard InChI is InChI=1S/C33H31FN2O2/c34-33-22-31(16-17-32(33)27-11-8-25(23-35)9-12-27)38-19-7-5-3-1-2-4-6-18-37-30-15-14-28-20-26(24-36)10-13-29(28)21-30/h8-17,20-22H,1-7,18-19H2. The molecule has 192 valence electrons. The first kappa shape index (κ1) is 26.7. The molecule has 0 radical (unpaired) electrons. The van der Waals surface area contributed by atoms with Crippen molar-refractivity contribution in [3.8, 4) is 34.8 Å². The Morgan fingerprint density at radius 1 is 0.553 bits per heavy atom. The first-order chi connectivity index (χ1) is 18.7. The molecule has 0 bridgehead atoms. The number of rotatable bonds is 13. The minimum absolute atomic E-state index is 0.328. The highest BCUT2D eigenvalue weighted by molar-refractivity contribution is 5.85. The lowest BCUT2D eigenvalue weighted by Gasteiger charge is -2.09. The monoisotopic (exact) mass is 506 g/mol. The van der Waals surface area contributed by atoms with Gasteiger partial charge >= 0.3 is 0 Å². The van der Waals surface area contributed by atoms with Crippen molar-refractivity contribution in [3.63, 3.8) is 0 Å². The summed E-state index contributed by atoms with van der Waals surface area (Å²) in [5.41, 5.74) is 2.46. The van der Waals surface area contributed by atoms with E-state index in [0.717, 1.165) is 54.2 Å². The maximum Gasteiger partial charge on any atom is 0.134 e. The van der Waals surface area contributed by atoms with Crippen LogP contribution in [0.1, 0.15) is 56.1 Å². The molecule has 38 heavy (non-hydrogen) atoms. The average Bonchev–Trinajstić information content (AvgIpc) is 2.95. The van der Waals surface area contributed by atoms with Crippen LogP contribution in [0.15, 0.2) is 78.9 Å². The molecule has 4 rings (SSSR count). The van der Waals surface area contributed by atoms with Gasteiger partial charge in [-0.15, -0.1) is 0 Å². The molecule has 4 aromatic carbocycles. The van der Waals surface area contributed by atoms with Crippen LogP contribution >= 0.6 is 0 Å². The molecule has 5 heteroatoms. The van der Waals surface area contributed by atoms with Crippen LogP contribution in [0.2, 0.25) is 0 Å². The summed E-state index contributed by atoms with van der Waals surface area (Å²) in [6, 6.07) is 27.7. The van der Waals surface area contributed by atoms with Gasteiger partial charge in [0.15, 0.2) is 0 Å². The molecule has 0 unspecified atom stereocenters. The van der Waals surface area contributed by atoms with E-state index >= 15 is 0 Å². The van der Waals surface area contributed by atoms with Crippen molar-refractivity contribution in [1.82, 2.24) is 0 Å². The van der Waals surface area contributed by atoms with E-state index in [-0.39, 0.29) is 5.82 Å². The van der Waals surface area contributed by atoms with Crippen molar-refractivity contribution in [2.45, 2.75) is 44.9 Å². The predicted molar refractivity (Wildman–Crippen MR) is 149 cm³/mol. The Bertz CT molecular complexity index is 1430. The Kier molecular flexibility index (Phi) is 9.71. The topological polar surface area (TPSA) is 66.0 Å². The second-order valence-electron chi connectivity index (χ2n) is 9.34. The number of halogens is 1. The number of nitrogens with zero attached hydrogens (tertiary/aromatic N) is 2. The Labute approximate surface area is 223 Å². The molecule has 0 amide bonds. The molecule has 0 fully saturated rings. The van der Waals surface area contributed by atoms with Gasteiger partial charge in [0.1, 0.15) is 17.3 Å². The molecule has 0 aliphatic carbocycles. The van der Waals surface area contributed by atoms with Crippen molar-refractivity contribution in [2.24, 2.45) is 0 Å². The van der Waals surface area contributed by atoms with E-state index in [9.17, 15) is 4.39 Å². The van der Waals surface area contributed by atoms with Crippen molar-refractivity contribution in [2.75, 3.05) is 13.2 Å². The Morgan fingerprint density at radius 3 is 1.71 bits per heavy atom. The van der Waals surface area contributed by atoms with Gasteiger partial charge in [0.25, 0.3) is 0 Å². The number of hydrogen-bond acceptors (Lipinski definition) is 4. The highest BCUT2D eigenvalue weighted by Gasteiger charge is 2.07. The van der Waals surface area contributed by atoms with E-state index in [1.165, 1.54) is 18.9 Å². The molecule has 0 N–H and O–H groups in total. The fourth-order valence-corrected chi connectivity index (χ4v) is 4.40. The number of ether oxygens (including phenoxy) is 2. The third-order valence-corrected chi connectivity index (χ3v) is 6.53. The number of benzene rings is 4. The van der Waals surface area contributed by atoms with E-state index in [1.54, 1.807) is 36.4 Å². The van der Waals surface area contributed by atoms with Gasteiger partial charge in [-0.2, -0.15) is 10.5 Å². The Balaban J connectivity index is 1.05. The molecular formula is C33H31FN2O2. The SMILES string of the molecule is N#Cc1ccc(-c2ccc(OCCCCCCCCCOc3ccc4cc(C#N)ccc4c3)cc2F)cc1. The molecule has 4 aromatic rings. The molecule has 0 heterocycles. The van der Waals surface area contributed by atoms with Crippen LogP contribution in [0, 0.1) is 28.5 Å². The largest absolute Gasteiger partial charge is 0.494 e. The van der Waals surface area contributed by atoms with Gasteiger partial charge < -0.3 is 9.47 Å². The molecule has 0 atom stereocenters. The van der Waals surface area contributed by atoms with Crippen molar-refractivity contribution in [3.05, 3.63) is 95.8 Å². The maximum atomic E-state index is 14.5. The van der Waals surface area contributed by atoms with Crippen LogP contribution in [0.3, 0.4) is 0 Å². The van der Waals surface area contributed by atoms with Crippen molar-refractivity contribution < 1.29 is 13.9 Å². The molecular weight excluding hydrogens is 475 g/mol. The third-order valence-electron chi connectivity index (χ3n) is 6.53. The lowest BCUT2D eigenvalue weighted by molar-refractivity contribution is 0.299. The lowest BCUT2D eigenvalue weighted by atomic mass is 10.0. The smallest absolute Gasteiger partial charge is 0.134 e. The van der Waals surface area contributed by atoms with Gasteiger partial charge in [0, 0.05) is 11.6 Å². The van der Waals surface area contributed by atoms with Gasteiger partial charge in [-0.25, -0.2) is 4.39 Å². The summed E-state index contributed by atoms with van der Waals surface area (Å²) >= 11 is 0. The first-order valence-electron chi connectivity index (χ1n) is 13.2. The molecule has 0 saturated carbocycles. The molecule has 0 saturated heterocycles. The normalized spacial score (nSPS) is 10.6. The van der Waals surface area contributed by atoms with E-state index in [4.69, 9.17) is 20.0 Å². The highest BCUT2D eigenvalue weighted by atomic mass is 19.1. The van der Waals surface area contributed by atoms with Gasteiger partial charge in [0.05, 0.1) is 36.5 Å². The quantitative estimate of drug-likeness (QED) is 0.170. The van der Waals surface area contributed by atoms with Gasteiger partial charge in [0.2, 0.25) is 0 Å². The summed E-state index contributed by atoms with van der Waals surface area (Å²) in [6.45, 7) is 1.28. The maximum absolute atomic E-state index is 14.5. The van der Waals surface area contributed by atoms with E-state index in [2.05, 4.69) is 12.1 Å². The first-order valence-corrected chi connectivity index (χ1v) is 13.2. The zero-order valence-corrected chi connectivity index (χ0v) is 21.5. The predicted octanol–water partition coefficient (Wildman–Crippen LogP) is 8.58. The van der Waals surface area contributed by atoms with Crippen molar-refractivity contribution in [1.29, 1.82) is 10.5 Å². The second-order valence-corrected chi connectivity index (χ2v) is 9.34. The second kappa shape index (κ2) is 13.8. The molecule has 0 aliphatic heterocycles. The lowest BCUT2D eigenvalue weighted by Crippen LogP contribution is -1.98. The van der Waals surface area contributed by atoms with Crippen LogP contribution in [0.25, 0.3) is 21.9 Å². The fraction of sp³-hybridized carbons (Fsp3) is 0.273. The summed E-state index contributed by atoms with van der Waals surface area (Å²) in [5.74, 6) is 1.08. The number of fused-ring (bicyclic) bond motifs is 1. The zero-order chi connectivity index (χ0) is 26.6. The minimum atomic E-state index is -0.328. The van der Waals surface area contributed by atoms with E-state index in [1.807, 2.05) is 36.4 Å². The van der Waals surface area contributed by atoms with Crippen molar-refractivity contribution >= 4 is 10.8 Å². The minimum Gasteiger partial charge on any atom is -0.494 e. The van der Waals surface area contributed by atoms with E-state index < -0.39 is 0 Å². The third kappa shape index (κ3) is 7.58. The van der Waals surface area contributed by atoms with Gasteiger partial charge in [-0.3, -0.25) is 0 Å². The Morgan fingerprint density at radius 2 is 1.08 bits per heavy atom. The molecule has 4 nitrogen and oxygen atoms in total. The highest BCUT2D eigenvalue weighted by Crippen LogP contribution is 2.27. The number of unbranched alkanes of at least 4 members (excludes halogenated alkanes) is 6. The van der Waals surface area contributed by atoms with Crippen LogP contribution in [-0.4, -0.2) is 13.2 Å².